The summed E-state index contributed by atoms with van der Waals surface area (Å²) in [6.45, 7) is 1.60. The molecule has 104 valence electrons. The molecule has 0 saturated heterocycles. The minimum Gasteiger partial charge on any atom is -0.438 e. The number of nitrogens with zero attached hydrogens (tertiary/aromatic N) is 2. The van der Waals surface area contributed by atoms with Crippen LogP contribution in [0.1, 0.15) is 21.8 Å². The Labute approximate surface area is 112 Å². The Bertz CT molecular complexity index is 681. The first kappa shape index (κ1) is 13.5. The number of oxazole rings is 1. The second kappa shape index (κ2) is 5.39. The first-order valence-corrected chi connectivity index (χ1v) is 5.52. The van der Waals surface area contributed by atoms with Crippen molar-refractivity contribution in [2.45, 2.75) is 6.92 Å². The Morgan fingerprint density at radius 1 is 1.55 bits per heavy atom. The van der Waals surface area contributed by atoms with Gasteiger partial charge in [-0.05, 0) is 25.1 Å². The van der Waals surface area contributed by atoms with E-state index in [4.69, 9.17) is 15.4 Å². The molecule has 1 amide bonds. The molecule has 0 saturated carbocycles. The fourth-order valence-corrected chi connectivity index (χ4v) is 1.59. The highest BCUT2D eigenvalue weighted by atomic mass is 19.1. The van der Waals surface area contributed by atoms with Crippen LogP contribution in [0.15, 0.2) is 34.2 Å². The SMILES string of the molecule is Cc1ncoc1C(=O)Nc1ccc(F)cc1/C(N)=N/O. The van der Waals surface area contributed by atoms with Gasteiger partial charge in [0.05, 0.1) is 11.4 Å². The average molecular weight is 278 g/mol. The van der Waals surface area contributed by atoms with Crippen LogP contribution in [0.3, 0.4) is 0 Å². The number of anilines is 1. The summed E-state index contributed by atoms with van der Waals surface area (Å²) < 4.78 is 18.1. The van der Waals surface area contributed by atoms with Gasteiger partial charge in [-0.15, -0.1) is 0 Å². The van der Waals surface area contributed by atoms with Gasteiger partial charge in [-0.3, -0.25) is 4.79 Å². The lowest BCUT2D eigenvalue weighted by Gasteiger charge is -2.09. The summed E-state index contributed by atoms with van der Waals surface area (Å²) in [6, 6.07) is 3.47. The largest absolute Gasteiger partial charge is 0.438 e. The summed E-state index contributed by atoms with van der Waals surface area (Å²) in [6.07, 6.45) is 1.14. The van der Waals surface area contributed by atoms with Crippen molar-refractivity contribution in [1.29, 1.82) is 0 Å². The molecule has 0 aliphatic carbocycles. The Morgan fingerprint density at radius 2 is 2.30 bits per heavy atom. The van der Waals surface area contributed by atoms with Gasteiger partial charge >= 0.3 is 0 Å². The molecule has 0 aliphatic rings. The van der Waals surface area contributed by atoms with E-state index in [1.807, 2.05) is 0 Å². The van der Waals surface area contributed by atoms with E-state index in [1.54, 1.807) is 6.92 Å². The molecule has 0 atom stereocenters. The lowest BCUT2D eigenvalue weighted by Crippen LogP contribution is -2.19. The predicted molar refractivity (Wildman–Crippen MR) is 68.1 cm³/mol. The van der Waals surface area contributed by atoms with Crippen LogP contribution in [0.5, 0.6) is 0 Å². The monoisotopic (exact) mass is 278 g/mol. The van der Waals surface area contributed by atoms with Gasteiger partial charge in [-0.2, -0.15) is 0 Å². The third kappa shape index (κ3) is 2.58. The molecule has 0 radical (unpaired) electrons. The lowest BCUT2D eigenvalue weighted by atomic mass is 10.1. The van der Waals surface area contributed by atoms with Crippen molar-refractivity contribution < 1.29 is 18.8 Å². The third-order valence-corrected chi connectivity index (χ3v) is 2.57. The van der Waals surface area contributed by atoms with E-state index in [9.17, 15) is 9.18 Å². The smallest absolute Gasteiger partial charge is 0.293 e. The highest BCUT2D eigenvalue weighted by Gasteiger charge is 2.17. The fraction of sp³-hybridized carbons (Fsp3) is 0.0833. The zero-order chi connectivity index (χ0) is 14.7. The van der Waals surface area contributed by atoms with E-state index in [-0.39, 0.29) is 22.8 Å². The van der Waals surface area contributed by atoms with Crippen LogP contribution in [-0.2, 0) is 0 Å². The first-order valence-electron chi connectivity index (χ1n) is 5.52. The van der Waals surface area contributed by atoms with Gasteiger partial charge < -0.3 is 20.7 Å². The number of hydrogen-bond donors (Lipinski definition) is 3. The number of carbonyl (C=O) groups excluding carboxylic acids is 1. The molecule has 4 N–H and O–H groups in total. The Morgan fingerprint density at radius 3 is 2.90 bits per heavy atom. The highest BCUT2D eigenvalue weighted by molar-refractivity contribution is 6.09. The summed E-state index contributed by atoms with van der Waals surface area (Å²) in [5.74, 6) is -1.45. The quantitative estimate of drug-likeness (QED) is 0.340. The van der Waals surface area contributed by atoms with Crippen LogP contribution in [0.2, 0.25) is 0 Å². The Hall–Kier alpha value is -2.90. The molecule has 1 aromatic heterocycles. The van der Waals surface area contributed by atoms with Gasteiger partial charge in [0.15, 0.2) is 12.2 Å². The van der Waals surface area contributed by atoms with E-state index in [0.29, 0.717) is 5.69 Å². The summed E-state index contributed by atoms with van der Waals surface area (Å²) in [5.41, 5.74) is 6.08. The molecule has 0 spiro atoms. The van der Waals surface area contributed by atoms with Crippen LogP contribution in [0, 0.1) is 12.7 Å². The number of hydrogen-bond acceptors (Lipinski definition) is 5. The number of amidine groups is 1. The van der Waals surface area contributed by atoms with Gasteiger partial charge in [-0.1, -0.05) is 5.16 Å². The van der Waals surface area contributed by atoms with Crippen molar-refractivity contribution in [3.63, 3.8) is 0 Å². The Kier molecular flexibility index (Phi) is 3.65. The van der Waals surface area contributed by atoms with Crippen molar-refractivity contribution in [3.05, 3.63) is 47.4 Å². The highest BCUT2D eigenvalue weighted by Crippen LogP contribution is 2.18. The molecule has 0 fully saturated rings. The molecule has 1 aromatic carbocycles. The molecule has 20 heavy (non-hydrogen) atoms. The number of halogens is 1. The third-order valence-electron chi connectivity index (χ3n) is 2.57. The topological polar surface area (TPSA) is 114 Å². The van der Waals surface area contributed by atoms with Crippen LogP contribution >= 0.6 is 0 Å². The van der Waals surface area contributed by atoms with Crippen molar-refractivity contribution >= 4 is 17.4 Å². The molecule has 2 rings (SSSR count). The first-order chi connectivity index (χ1) is 9.52. The summed E-state index contributed by atoms with van der Waals surface area (Å²) in [5, 5.41) is 13.9. The number of aromatic nitrogens is 1. The maximum absolute atomic E-state index is 13.2. The van der Waals surface area contributed by atoms with Crippen LogP contribution < -0.4 is 11.1 Å². The van der Waals surface area contributed by atoms with Crippen molar-refractivity contribution in [2.75, 3.05) is 5.32 Å². The molecule has 8 heteroatoms. The van der Waals surface area contributed by atoms with E-state index < -0.39 is 11.7 Å². The predicted octanol–water partition coefficient (Wildman–Crippen LogP) is 1.47. The molecule has 0 bridgehead atoms. The molecule has 0 unspecified atom stereocenters. The maximum Gasteiger partial charge on any atom is 0.293 e. The molecule has 1 heterocycles. The number of carbonyl (C=O) groups is 1. The fourth-order valence-electron chi connectivity index (χ4n) is 1.59. The summed E-state index contributed by atoms with van der Waals surface area (Å²) in [4.78, 5) is 15.8. The van der Waals surface area contributed by atoms with Gasteiger partial charge in [0.1, 0.15) is 5.82 Å². The number of benzene rings is 1. The second-order valence-electron chi connectivity index (χ2n) is 3.90. The number of rotatable bonds is 3. The maximum atomic E-state index is 13.2. The lowest BCUT2D eigenvalue weighted by molar-refractivity contribution is 0.0996. The number of amides is 1. The zero-order valence-corrected chi connectivity index (χ0v) is 10.4. The minimum atomic E-state index is -0.583. The number of nitrogens with one attached hydrogen (secondary N) is 1. The molecular weight excluding hydrogens is 267 g/mol. The molecule has 0 aliphatic heterocycles. The van der Waals surface area contributed by atoms with E-state index in [1.165, 1.54) is 6.07 Å². The van der Waals surface area contributed by atoms with Gasteiger partial charge in [0.2, 0.25) is 5.76 Å². The van der Waals surface area contributed by atoms with Gasteiger partial charge in [-0.25, -0.2) is 9.37 Å². The van der Waals surface area contributed by atoms with Crippen LogP contribution in [0.25, 0.3) is 0 Å². The molecular formula is C12H11FN4O3. The summed E-state index contributed by atoms with van der Waals surface area (Å²) >= 11 is 0. The average Bonchev–Trinajstić information content (AvgIpc) is 2.86. The van der Waals surface area contributed by atoms with E-state index in [0.717, 1.165) is 18.5 Å². The van der Waals surface area contributed by atoms with Gasteiger partial charge in [0.25, 0.3) is 5.91 Å². The van der Waals surface area contributed by atoms with E-state index in [2.05, 4.69) is 15.5 Å². The van der Waals surface area contributed by atoms with Crippen molar-refractivity contribution in [2.24, 2.45) is 10.9 Å². The summed E-state index contributed by atoms with van der Waals surface area (Å²) in [7, 11) is 0. The Balaban J connectivity index is 2.35. The minimum absolute atomic E-state index is 0.0276. The van der Waals surface area contributed by atoms with Crippen LogP contribution in [-0.4, -0.2) is 21.9 Å². The van der Waals surface area contributed by atoms with Crippen molar-refractivity contribution in [3.8, 4) is 0 Å². The standard InChI is InChI=1S/C12H11FN4O3/c1-6-10(20-5-15-6)12(18)16-9-3-2-7(13)4-8(9)11(14)17-19/h2-5,19H,1H3,(H2,14,17)(H,16,18). The number of oxime groups is 1. The van der Waals surface area contributed by atoms with Crippen molar-refractivity contribution in [1.82, 2.24) is 4.98 Å². The molecule has 2 aromatic rings. The molecule has 7 nitrogen and oxygen atoms in total. The second-order valence-corrected chi connectivity index (χ2v) is 3.90. The van der Waals surface area contributed by atoms with Crippen LogP contribution in [0.4, 0.5) is 10.1 Å². The van der Waals surface area contributed by atoms with Gasteiger partial charge in [0, 0.05) is 5.56 Å². The number of nitrogens with two attached hydrogens (primary N) is 1. The van der Waals surface area contributed by atoms with E-state index >= 15 is 0 Å². The number of aryl methyl sites for hydroxylation is 1. The normalized spacial score (nSPS) is 11.4. The zero-order valence-electron chi connectivity index (χ0n) is 10.4.